The zero-order valence-electron chi connectivity index (χ0n) is 18.2. The van der Waals surface area contributed by atoms with Crippen LogP contribution in [0.15, 0.2) is 48.5 Å². The Kier molecular flexibility index (Phi) is 7.06. The fourth-order valence-corrected chi connectivity index (χ4v) is 4.31. The minimum atomic E-state index is -2.61. The van der Waals surface area contributed by atoms with Gasteiger partial charge < -0.3 is 24.8 Å². The van der Waals surface area contributed by atoms with Crippen molar-refractivity contribution in [3.8, 4) is 11.1 Å². The third kappa shape index (κ3) is 5.17. The van der Waals surface area contributed by atoms with E-state index in [1.54, 1.807) is 0 Å². The number of likely N-dealkylation sites (tertiary alicyclic amines) is 1. The highest BCUT2D eigenvalue weighted by molar-refractivity contribution is 5.90. The summed E-state index contributed by atoms with van der Waals surface area (Å²) in [6.45, 7) is -0.619. The number of aliphatic carboxylic acids is 1. The summed E-state index contributed by atoms with van der Waals surface area (Å²) in [4.78, 5) is 37.6. The van der Waals surface area contributed by atoms with Gasteiger partial charge in [-0.1, -0.05) is 48.5 Å². The molecule has 34 heavy (non-hydrogen) atoms. The molecule has 2 aromatic carbocycles. The lowest BCUT2D eigenvalue weighted by molar-refractivity contribution is -0.152. The SMILES string of the molecule is O=C(O)CC(NC(=O)OCC1c2ccccc2-c2ccccc21)C(=O)N1CC(OCC(F)F)C1. The number of benzene rings is 2. The van der Waals surface area contributed by atoms with Crippen LogP contribution < -0.4 is 5.32 Å². The van der Waals surface area contributed by atoms with Crippen molar-refractivity contribution in [2.75, 3.05) is 26.3 Å². The summed E-state index contributed by atoms with van der Waals surface area (Å²) in [5, 5.41) is 11.5. The Hall–Kier alpha value is -3.53. The minimum Gasteiger partial charge on any atom is -0.481 e. The summed E-state index contributed by atoms with van der Waals surface area (Å²) < 4.78 is 34.8. The smallest absolute Gasteiger partial charge is 0.407 e. The van der Waals surface area contributed by atoms with Crippen LogP contribution in [0.3, 0.4) is 0 Å². The molecule has 1 heterocycles. The van der Waals surface area contributed by atoms with Crippen molar-refractivity contribution in [1.82, 2.24) is 10.2 Å². The molecule has 180 valence electrons. The van der Waals surface area contributed by atoms with Crippen LogP contribution in [0.1, 0.15) is 23.5 Å². The summed E-state index contributed by atoms with van der Waals surface area (Å²) in [6.07, 6.45) is -4.70. The van der Waals surface area contributed by atoms with E-state index in [2.05, 4.69) is 5.32 Å². The number of carboxylic acids is 1. The number of amides is 2. The van der Waals surface area contributed by atoms with Gasteiger partial charge in [-0.15, -0.1) is 0 Å². The van der Waals surface area contributed by atoms with E-state index >= 15 is 0 Å². The molecule has 8 nitrogen and oxygen atoms in total. The molecule has 10 heteroatoms. The molecule has 2 N–H and O–H groups in total. The van der Waals surface area contributed by atoms with E-state index in [-0.39, 0.29) is 25.6 Å². The molecule has 1 aliphatic carbocycles. The number of carbonyl (C=O) groups excluding carboxylic acids is 2. The maximum absolute atomic E-state index is 12.7. The standard InChI is InChI=1S/C24H24F2N2O6/c25-21(26)13-33-14-10-28(11-14)23(31)20(9-22(29)30)27-24(32)34-12-19-17-7-3-1-5-15(17)16-6-2-4-8-18(16)19/h1-8,14,19-21H,9-13H2,(H,27,32)(H,29,30). The van der Waals surface area contributed by atoms with Gasteiger partial charge in [0.1, 0.15) is 19.3 Å². The Morgan fingerprint density at radius 1 is 1.03 bits per heavy atom. The number of hydrogen-bond donors (Lipinski definition) is 2. The Bertz CT molecular complexity index is 1030. The van der Waals surface area contributed by atoms with Gasteiger partial charge >= 0.3 is 12.1 Å². The summed E-state index contributed by atoms with van der Waals surface area (Å²) >= 11 is 0. The van der Waals surface area contributed by atoms with Gasteiger partial charge in [0.2, 0.25) is 5.91 Å². The zero-order valence-corrected chi connectivity index (χ0v) is 18.2. The third-order valence-corrected chi connectivity index (χ3v) is 5.93. The Morgan fingerprint density at radius 2 is 1.62 bits per heavy atom. The number of carbonyl (C=O) groups is 3. The van der Waals surface area contributed by atoms with E-state index in [1.807, 2.05) is 48.5 Å². The fourth-order valence-electron chi connectivity index (χ4n) is 4.31. The van der Waals surface area contributed by atoms with Gasteiger partial charge in [0.15, 0.2) is 0 Å². The van der Waals surface area contributed by atoms with Gasteiger partial charge in [-0.05, 0) is 22.3 Å². The highest BCUT2D eigenvalue weighted by Gasteiger charge is 2.37. The largest absolute Gasteiger partial charge is 0.481 e. The van der Waals surface area contributed by atoms with Crippen LogP contribution in [0.2, 0.25) is 0 Å². The Labute approximate surface area is 194 Å². The number of alkyl halides is 2. The molecule has 1 aliphatic heterocycles. The normalized spacial score (nSPS) is 15.9. The van der Waals surface area contributed by atoms with Crippen molar-refractivity contribution in [2.24, 2.45) is 0 Å². The predicted molar refractivity (Wildman–Crippen MR) is 117 cm³/mol. The lowest BCUT2D eigenvalue weighted by Gasteiger charge is -2.40. The van der Waals surface area contributed by atoms with Crippen molar-refractivity contribution in [3.05, 3.63) is 59.7 Å². The second kappa shape index (κ2) is 10.2. The molecular formula is C24H24F2N2O6. The van der Waals surface area contributed by atoms with E-state index in [0.29, 0.717) is 0 Å². The highest BCUT2D eigenvalue weighted by atomic mass is 19.3. The third-order valence-electron chi connectivity index (χ3n) is 5.93. The molecule has 2 aliphatic rings. The number of halogens is 2. The number of hydrogen-bond acceptors (Lipinski definition) is 5. The van der Waals surface area contributed by atoms with Crippen LogP contribution in [-0.2, 0) is 19.1 Å². The molecule has 1 fully saturated rings. The van der Waals surface area contributed by atoms with Crippen LogP contribution in [0.25, 0.3) is 11.1 Å². The number of nitrogens with zero attached hydrogens (tertiary/aromatic N) is 1. The van der Waals surface area contributed by atoms with E-state index < -0.39 is 49.6 Å². The van der Waals surface area contributed by atoms with Crippen molar-refractivity contribution in [3.63, 3.8) is 0 Å². The first-order valence-electron chi connectivity index (χ1n) is 10.8. The summed E-state index contributed by atoms with van der Waals surface area (Å²) in [7, 11) is 0. The number of ether oxygens (including phenoxy) is 2. The first-order valence-corrected chi connectivity index (χ1v) is 10.8. The molecule has 2 amide bonds. The molecular weight excluding hydrogens is 450 g/mol. The molecule has 1 unspecified atom stereocenters. The van der Waals surface area contributed by atoms with Crippen molar-refractivity contribution in [1.29, 1.82) is 0 Å². The molecule has 1 atom stereocenters. The summed E-state index contributed by atoms with van der Waals surface area (Å²) in [5.74, 6) is -2.09. The summed E-state index contributed by atoms with van der Waals surface area (Å²) in [5.41, 5.74) is 4.16. The number of alkyl carbamates (subject to hydrolysis) is 1. The predicted octanol–water partition coefficient (Wildman–Crippen LogP) is 2.86. The van der Waals surface area contributed by atoms with Crippen LogP contribution in [0.4, 0.5) is 13.6 Å². The first kappa shape index (κ1) is 23.6. The monoisotopic (exact) mass is 474 g/mol. The van der Waals surface area contributed by atoms with Crippen molar-refractivity contribution in [2.45, 2.75) is 30.9 Å². The average Bonchev–Trinajstić information content (AvgIpc) is 3.09. The highest BCUT2D eigenvalue weighted by Crippen LogP contribution is 2.44. The van der Waals surface area contributed by atoms with E-state index in [4.69, 9.17) is 14.6 Å². The minimum absolute atomic E-state index is 0.0150. The summed E-state index contributed by atoms with van der Waals surface area (Å²) in [6, 6.07) is 14.3. The zero-order chi connectivity index (χ0) is 24.2. The molecule has 0 spiro atoms. The van der Waals surface area contributed by atoms with Gasteiger partial charge in [0, 0.05) is 19.0 Å². The van der Waals surface area contributed by atoms with Gasteiger partial charge in [-0.3, -0.25) is 9.59 Å². The van der Waals surface area contributed by atoms with Crippen molar-refractivity contribution >= 4 is 18.0 Å². The molecule has 0 saturated carbocycles. The van der Waals surface area contributed by atoms with E-state index in [0.717, 1.165) is 22.3 Å². The topological polar surface area (TPSA) is 105 Å². The van der Waals surface area contributed by atoms with Gasteiger partial charge in [-0.25, -0.2) is 13.6 Å². The molecule has 0 aromatic heterocycles. The van der Waals surface area contributed by atoms with Crippen LogP contribution in [-0.4, -0.2) is 72.9 Å². The number of nitrogens with one attached hydrogen (secondary N) is 1. The van der Waals surface area contributed by atoms with Gasteiger partial charge in [0.05, 0.1) is 12.5 Å². The Balaban J connectivity index is 1.35. The van der Waals surface area contributed by atoms with Crippen LogP contribution in [0, 0.1) is 0 Å². The molecule has 0 radical (unpaired) electrons. The fraction of sp³-hybridized carbons (Fsp3) is 0.375. The number of carboxylic acid groups (broad SMARTS) is 1. The second-order valence-electron chi connectivity index (χ2n) is 8.21. The lowest BCUT2D eigenvalue weighted by atomic mass is 9.98. The lowest BCUT2D eigenvalue weighted by Crippen LogP contribution is -2.60. The molecule has 1 saturated heterocycles. The second-order valence-corrected chi connectivity index (χ2v) is 8.21. The number of rotatable bonds is 9. The van der Waals surface area contributed by atoms with Gasteiger partial charge in [0.25, 0.3) is 6.43 Å². The van der Waals surface area contributed by atoms with Gasteiger partial charge in [-0.2, -0.15) is 0 Å². The quantitative estimate of drug-likeness (QED) is 0.579. The van der Waals surface area contributed by atoms with E-state index in [9.17, 15) is 23.2 Å². The number of fused-ring (bicyclic) bond motifs is 3. The van der Waals surface area contributed by atoms with Crippen LogP contribution >= 0.6 is 0 Å². The average molecular weight is 474 g/mol. The first-order chi connectivity index (χ1) is 16.3. The van der Waals surface area contributed by atoms with E-state index in [1.165, 1.54) is 4.90 Å². The Morgan fingerprint density at radius 3 is 2.18 bits per heavy atom. The molecule has 0 bridgehead atoms. The molecule has 4 rings (SSSR count). The maximum Gasteiger partial charge on any atom is 0.407 e. The van der Waals surface area contributed by atoms with Crippen molar-refractivity contribution < 1.29 is 37.7 Å². The molecule has 2 aromatic rings. The maximum atomic E-state index is 12.7. The van der Waals surface area contributed by atoms with Crippen LogP contribution in [0.5, 0.6) is 0 Å².